The maximum absolute atomic E-state index is 10.4. The number of rotatable bonds is 2. The van der Waals surface area contributed by atoms with Crippen molar-refractivity contribution in [3.05, 3.63) is 67.7 Å². The van der Waals surface area contributed by atoms with Crippen LogP contribution in [0, 0.1) is 10.5 Å². The first kappa shape index (κ1) is 12.9. The Balaban J connectivity index is 2.47. The third-order valence-corrected chi connectivity index (χ3v) is 3.95. The van der Waals surface area contributed by atoms with Crippen LogP contribution in [0.4, 0.5) is 0 Å². The molecule has 0 spiro atoms. The molecule has 0 aliphatic carbocycles. The van der Waals surface area contributed by atoms with Crippen LogP contribution < -0.4 is 0 Å². The number of aliphatic hydroxyl groups is 1. The normalized spacial score (nSPS) is 12.5. The summed E-state index contributed by atoms with van der Waals surface area (Å²) in [7, 11) is 0. The first-order valence-corrected chi connectivity index (χ1v) is 6.74. The first-order valence-electron chi connectivity index (χ1n) is 5.28. The molecule has 0 amide bonds. The lowest BCUT2D eigenvalue weighted by Crippen LogP contribution is -2.03. The van der Waals surface area contributed by atoms with E-state index in [4.69, 9.17) is 11.6 Å². The van der Waals surface area contributed by atoms with Crippen molar-refractivity contribution in [3.63, 3.8) is 0 Å². The Kier molecular flexibility index (Phi) is 4.07. The van der Waals surface area contributed by atoms with Gasteiger partial charge in [0.15, 0.2) is 0 Å². The van der Waals surface area contributed by atoms with Crippen molar-refractivity contribution >= 4 is 34.2 Å². The maximum atomic E-state index is 10.4. The van der Waals surface area contributed by atoms with Crippen molar-refractivity contribution in [3.8, 4) is 0 Å². The van der Waals surface area contributed by atoms with Gasteiger partial charge in [-0.25, -0.2) is 0 Å². The fourth-order valence-electron chi connectivity index (χ4n) is 1.79. The SMILES string of the molecule is Cc1ccccc1C(O)c1cc(Cl)ccc1I. The minimum absolute atomic E-state index is 0.623. The number of hydrogen-bond acceptors (Lipinski definition) is 1. The van der Waals surface area contributed by atoms with Crippen LogP contribution in [-0.4, -0.2) is 5.11 Å². The van der Waals surface area contributed by atoms with Crippen molar-refractivity contribution in [2.24, 2.45) is 0 Å². The van der Waals surface area contributed by atoms with E-state index in [0.29, 0.717) is 5.02 Å². The van der Waals surface area contributed by atoms with Crippen LogP contribution in [0.15, 0.2) is 42.5 Å². The Morgan fingerprint density at radius 1 is 1.12 bits per heavy atom. The molecule has 2 aromatic carbocycles. The molecule has 0 saturated carbocycles. The molecule has 1 nitrogen and oxygen atoms in total. The van der Waals surface area contributed by atoms with E-state index in [1.807, 2.05) is 49.4 Å². The molecule has 0 aromatic heterocycles. The van der Waals surface area contributed by atoms with Crippen molar-refractivity contribution < 1.29 is 5.11 Å². The lowest BCUT2D eigenvalue weighted by atomic mass is 9.98. The molecule has 0 fully saturated rings. The Labute approximate surface area is 120 Å². The average Bonchev–Trinajstić information content (AvgIpc) is 2.32. The number of benzene rings is 2. The first-order chi connectivity index (χ1) is 8.09. The van der Waals surface area contributed by atoms with Gasteiger partial charge in [-0.3, -0.25) is 0 Å². The quantitative estimate of drug-likeness (QED) is 0.792. The van der Waals surface area contributed by atoms with Gasteiger partial charge in [0.2, 0.25) is 0 Å². The Morgan fingerprint density at radius 2 is 1.82 bits per heavy atom. The summed E-state index contributed by atoms with van der Waals surface area (Å²) in [5.41, 5.74) is 2.86. The second-order valence-corrected chi connectivity index (χ2v) is 5.52. The van der Waals surface area contributed by atoms with Gasteiger partial charge in [-0.1, -0.05) is 35.9 Å². The van der Waals surface area contributed by atoms with Crippen LogP contribution in [0.3, 0.4) is 0 Å². The monoisotopic (exact) mass is 358 g/mol. The van der Waals surface area contributed by atoms with Crippen molar-refractivity contribution in [2.75, 3.05) is 0 Å². The van der Waals surface area contributed by atoms with E-state index >= 15 is 0 Å². The van der Waals surface area contributed by atoms with E-state index in [0.717, 1.165) is 20.3 Å². The smallest absolute Gasteiger partial charge is 0.105 e. The summed E-state index contributed by atoms with van der Waals surface area (Å²) in [6.45, 7) is 2.00. The minimum Gasteiger partial charge on any atom is -0.384 e. The molecule has 88 valence electrons. The Morgan fingerprint density at radius 3 is 2.53 bits per heavy atom. The molecule has 3 heteroatoms. The molecule has 0 radical (unpaired) electrons. The number of aliphatic hydroxyl groups excluding tert-OH is 1. The predicted octanol–water partition coefficient (Wildman–Crippen LogP) is 4.33. The highest BCUT2D eigenvalue weighted by molar-refractivity contribution is 14.1. The fraction of sp³-hybridized carbons (Fsp3) is 0.143. The molecule has 0 saturated heterocycles. The zero-order valence-corrected chi connectivity index (χ0v) is 12.2. The molecular formula is C14H12ClIO. The summed E-state index contributed by atoms with van der Waals surface area (Å²) >= 11 is 8.19. The molecule has 17 heavy (non-hydrogen) atoms. The summed E-state index contributed by atoms with van der Waals surface area (Å²) in [6, 6.07) is 13.4. The minimum atomic E-state index is -0.623. The highest BCUT2D eigenvalue weighted by Crippen LogP contribution is 2.29. The van der Waals surface area contributed by atoms with Crippen LogP contribution in [0.25, 0.3) is 0 Å². The standard InChI is InChI=1S/C14H12ClIO/c1-9-4-2-3-5-11(9)14(17)12-8-10(15)6-7-13(12)16/h2-8,14,17H,1H3. The van der Waals surface area contributed by atoms with Gasteiger partial charge in [0.05, 0.1) is 0 Å². The van der Waals surface area contributed by atoms with E-state index in [2.05, 4.69) is 22.6 Å². The third-order valence-electron chi connectivity index (χ3n) is 2.74. The van der Waals surface area contributed by atoms with Gasteiger partial charge in [0.25, 0.3) is 0 Å². The largest absolute Gasteiger partial charge is 0.384 e. The van der Waals surface area contributed by atoms with Crippen LogP contribution in [-0.2, 0) is 0 Å². The lowest BCUT2D eigenvalue weighted by Gasteiger charge is -2.15. The molecule has 0 heterocycles. The van der Waals surface area contributed by atoms with E-state index in [1.165, 1.54) is 0 Å². The summed E-state index contributed by atoms with van der Waals surface area (Å²) in [5, 5.41) is 11.1. The van der Waals surface area contributed by atoms with Crippen LogP contribution in [0.5, 0.6) is 0 Å². The van der Waals surface area contributed by atoms with E-state index in [9.17, 15) is 5.11 Å². The van der Waals surface area contributed by atoms with Crippen molar-refractivity contribution in [1.29, 1.82) is 0 Å². The molecule has 1 unspecified atom stereocenters. The van der Waals surface area contributed by atoms with E-state index in [1.54, 1.807) is 0 Å². The summed E-state index contributed by atoms with van der Waals surface area (Å²) in [5.74, 6) is 0. The number of halogens is 2. The Hall–Kier alpha value is -0.580. The number of hydrogen-bond donors (Lipinski definition) is 1. The van der Waals surface area contributed by atoms with E-state index < -0.39 is 6.10 Å². The van der Waals surface area contributed by atoms with Gasteiger partial charge in [0.1, 0.15) is 6.10 Å². The van der Waals surface area contributed by atoms with E-state index in [-0.39, 0.29) is 0 Å². The van der Waals surface area contributed by atoms with Crippen LogP contribution in [0.1, 0.15) is 22.8 Å². The molecular weight excluding hydrogens is 347 g/mol. The second kappa shape index (κ2) is 5.38. The zero-order chi connectivity index (χ0) is 12.4. The summed E-state index contributed by atoms with van der Waals surface area (Å²) in [4.78, 5) is 0. The average molecular weight is 359 g/mol. The molecule has 0 aliphatic heterocycles. The maximum Gasteiger partial charge on any atom is 0.105 e. The van der Waals surface area contributed by atoms with Crippen LogP contribution >= 0.6 is 34.2 Å². The number of aryl methyl sites for hydroxylation is 1. The van der Waals surface area contributed by atoms with Crippen molar-refractivity contribution in [1.82, 2.24) is 0 Å². The van der Waals surface area contributed by atoms with Gasteiger partial charge >= 0.3 is 0 Å². The zero-order valence-electron chi connectivity index (χ0n) is 9.32. The molecule has 2 rings (SSSR count). The third kappa shape index (κ3) is 2.81. The van der Waals surface area contributed by atoms with Gasteiger partial charge in [-0.15, -0.1) is 0 Å². The summed E-state index contributed by atoms with van der Waals surface area (Å²) < 4.78 is 1.02. The molecule has 1 N–H and O–H groups in total. The molecule has 2 aromatic rings. The van der Waals surface area contributed by atoms with Crippen molar-refractivity contribution in [2.45, 2.75) is 13.0 Å². The van der Waals surface area contributed by atoms with Gasteiger partial charge in [-0.05, 0) is 64.4 Å². The second-order valence-electron chi connectivity index (χ2n) is 3.92. The predicted molar refractivity (Wildman–Crippen MR) is 79.4 cm³/mol. The van der Waals surface area contributed by atoms with Gasteiger partial charge in [-0.2, -0.15) is 0 Å². The van der Waals surface area contributed by atoms with Crippen LogP contribution in [0.2, 0.25) is 5.02 Å². The fourth-order valence-corrected chi connectivity index (χ4v) is 2.60. The Bertz CT molecular complexity index is 539. The van der Waals surface area contributed by atoms with Gasteiger partial charge < -0.3 is 5.11 Å². The summed E-state index contributed by atoms with van der Waals surface area (Å²) in [6.07, 6.45) is -0.623. The molecule has 0 aliphatic rings. The lowest BCUT2D eigenvalue weighted by molar-refractivity contribution is 0.218. The molecule has 1 atom stereocenters. The molecule has 0 bridgehead atoms. The highest BCUT2D eigenvalue weighted by Gasteiger charge is 2.15. The topological polar surface area (TPSA) is 20.2 Å². The van der Waals surface area contributed by atoms with Gasteiger partial charge in [0, 0.05) is 8.59 Å². The highest BCUT2D eigenvalue weighted by atomic mass is 127.